The van der Waals surface area contributed by atoms with Gasteiger partial charge >= 0.3 is 0 Å². The van der Waals surface area contributed by atoms with Crippen LogP contribution in [0, 0.1) is 6.92 Å². The monoisotopic (exact) mass is 1020 g/mol. The number of nitrogens with zero attached hydrogens (tertiary/aromatic N) is 2. The highest BCUT2D eigenvalue weighted by atomic mass is 32.1. The molecule has 0 saturated heterocycles. The van der Waals surface area contributed by atoms with Gasteiger partial charge in [0.05, 0.1) is 13.1 Å². The molecule has 0 atom stereocenters. The maximum absolute atomic E-state index is 2.76. The molecule has 12 rings (SSSR count). The highest BCUT2D eigenvalue weighted by Crippen LogP contribution is 2.56. The molecule has 3 aliphatic carbocycles. The Morgan fingerprint density at radius 2 is 0.973 bits per heavy atom. The van der Waals surface area contributed by atoms with Crippen LogP contribution >= 0.6 is 11.3 Å². The fourth-order valence-electron chi connectivity index (χ4n) is 14.6. The van der Waals surface area contributed by atoms with E-state index in [1.807, 2.05) is 11.3 Å². The Morgan fingerprint density at radius 1 is 0.467 bits per heavy atom. The lowest BCUT2D eigenvalue weighted by Crippen LogP contribution is -2.61. The van der Waals surface area contributed by atoms with Crippen molar-refractivity contribution in [1.29, 1.82) is 0 Å². The summed E-state index contributed by atoms with van der Waals surface area (Å²) in [6, 6.07) is 40.8. The predicted octanol–water partition coefficient (Wildman–Crippen LogP) is 17.8. The van der Waals surface area contributed by atoms with Crippen LogP contribution in [0.2, 0.25) is 19.6 Å². The van der Waals surface area contributed by atoms with Crippen molar-refractivity contribution in [2.45, 2.75) is 207 Å². The molecule has 0 amide bonds. The zero-order chi connectivity index (χ0) is 53.7. The Labute approximate surface area is 457 Å². The number of thiophene rings is 1. The van der Waals surface area contributed by atoms with Crippen LogP contribution in [-0.2, 0) is 37.9 Å². The smallest absolute Gasteiger partial charge is 0.254 e. The van der Waals surface area contributed by atoms with Crippen LogP contribution < -0.4 is 31.4 Å². The minimum Gasteiger partial charge on any atom is -0.311 e. The van der Waals surface area contributed by atoms with Crippen LogP contribution in [0.15, 0.2) is 97.1 Å². The van der Waals surface area contributed by atoms with Crippen molar-refractivity contribution >= 4 is 91.2 Å². The molecule has 0 saturated carbocycles. The van der Waals surface area contributed by atoms with E-state index in [0.717, 1.165) is 0 Å². The summed E-state index contributed by atoms with van der Waals surface area (Å²) in [4.78, 5) is 5.53. The molecule has 7 aromatic rings. The molecular weight excluding hydrogens is 940 g/mol. The van der Waals surface area contributed by atoms with E-state index in [0.29, 0.717) is 0 Å². The summed E-state index contributed by atoms with van der Waals surface area (Å²) in [7, 11) is -1.54. The lowest BCUT2D eigenvalue weighted by molar-refractivity contribution is 0.332. The van der Waals surface area contributed by atoms with Gasteiger partial charge in [-0.15, -0.1) is 11.3 Å². The molecule has 1 aromatic heterocycles. The summed E-state index contributed by atoms with van der Waals surface area (Å²) in [5.74, 6) is 0. The first kappa shape index (κ1) is 50.9. The average molecular weight is 1030 g/mol. The third kappa shape index (κ3) is 7.79. The summed E-state index contributed by atoms with van der Waals surface area (Å²) in [5, 5.41) is 4.31. The number of anilines is 6. The van der Waals surface area contributed by atoms with Crippen molar-refractivity contribution in [3.63, 3.8) is 0 Å². The van der Waals surface area contributed by atoms with E-state index in [9.17, 15) is 0 Å². The van der Waals surface area contributed by atoms with E-state index >= 15 is 0 Å². The molecule has 0 radical (unpaired) electrons. The molecule has 0 spiro atoms. The zero-order valence-corrected chi connectivity index (χ0v) is 51.2. The lowest BCUT2D eigenvalue weighted by Gasteiger charge is -2.46. The number of rotatable bonds is 4. The second-order valence-corrected chi connectivity index (χ2v) is 36.4. The van der Waals surface area contributed by atoms with Crippen LogP contribution in [0.4, 0.5) is 33.4 Å². The molecule has 2 aliphatic heterocycles. The molecule has 75 heavy (non-hydrogen) atoms. The molecule has 388 valence electrons. The third-order valence-corrected chi connectivity index (χ3v) is 23.3. The summed E-state index contributed by atoms with van der Waals surface area (Å²) >= 11 is 2.05. The van der Waals surface area contributed by atoms with Gasteiger partial charge in [0.15, 0.2) is 0 Å². The first-order chi connectivity index (χ1) is 34.8. The first-order valence-corrected chi connectivity index (χ1v) is 33.1. The van der Waals surface area contributed by atoms with Gasteiger partial charge in [-0.3, -0.25) is 0 Å². The normalized spacial score (nSPS) is 20.2. The van der Waals surface area contributed by atoms with E-state index in [4.69, 9.17) is 0 Å². The Bertz CT molecular complexity index is 3550. The summed E-state index contributed by atoms with van der Waals surface area (Å²) in [6.45, 7) is 46.9. The summed E-state index contributed by atoms with van der Waals surface area (Å²) < 4.78 is 1.41. The summed E-state index contributed by atoms with van der Waals surface area (Å²) in [6.07, 6.45) is 7.15. The van der Waals surface area contributed by atoms with Crippen molar-refractivity contribution in [2.75, 3.05) is 9.80 Å². The number of fused-ring (bicyclic) bond motifs is 9. The molecule has 0 bridgehead atoms. The van der Waals surface area contributed by atoms with Crippen LogP contribution in [0.5, 0.6) is 0 Å². The summed E-state index contributed by atoms with van der Waals surface area (Å²) in [5.41, 5.74) is 25.7. The molecule has 0 N–H and O–H groups in total. The fourth-order valence-corrected chi connectivity index (χ4v) is 17.0. The molecule has 0 unspecified atom stereocenters. The molecule has 6 aromatic carbocycles. The highest BCUT2D eigenvalue weighted by Gasteiger charge is 2.49. The minimum atomic E-state index is -1.54. The van der Waals surface area contributed by atoms with E-state index in [1.54, 1.807) is 0 Å². The van der Waals surface area contributed by atoms with Gasteiger partial charge in [0.1, 0.15) is 0 Å². The topological polar surface area (TPSA) is 6.48 Å². The van der Waals surface area contributed by atoms with Crippen molar-refractivity contribution in [2.24, 2.45) is 0 Å². The second-order valence-electron chi connectivity index (χ2n) is 30.3. The van der Waals surface area contributed by atoms with Crippen LogP contribution in [0.3, 0.4) is 0 Å². The predicted molar refractivity (Wildman–Crippen MR) is 334 cm³/mol. The van der Waals surface area contributed by atoms with Gasteiger partial charge in [-0.05, 0) is 209 Å². The van der Waals surface area contributed by atoms with E-state index in [-0.39, 0.29) is 44.6 Å². The Kier molecular flexibility index (Phi) is 11.0. The molecule has 5 heteroatoms. The van der Waals surface area contributed by atoms with Crippen LogP contribution in [0.25, 0.3) is 21.2 Å². The van der Waals surface area contributed by atoms with E-state index in [2.05, 4.69) is 237 Å². The molecule has 5 aliphatic rings. The van der Waals surface area contributed by atoms with Gasteiger partial charge in [0.2, 0.25) is 0 Å². The van der Waals surface area contributed by atoms with Crippen molar-refractivity contribution in [1.82, 2.24) is 0 Å². The number of benzene rings is 6. The van der Waals surface area contributed by atoms with Gasteiger partial charge in [-0.25, -0.2) is 0 Å². The average Bonchev–Trinajstić information content (AvgIpc) is 3.73. The molecule has 0 fully saturated rings. The van der Waals surface area contributed by atoms with E-state index < -0.39 is 8.07 Å². The number of hydrogen-bond acceptors (Lipinski definition) is 3. The fraction of sp³-hybridized carbons (Fsp3) is 0.457. The molecule has 2 nitrogen and oxygen atoms in total. The molecular formula is C70H85BN2SSi. The van der Waals surface area contributed by atoms with Gasteiger partial charge in [0, 0.05) is 33.1 Å². The maximum atomic E-state index is 2.76. The third-order valence-electron chi connectivity index (χ3n) is 20.1. The Balaban J connectivity index is 1.24. The first-order valence-electron chi connectivity index (χ1n) is 28.7. The Hall–Kier alpha value is -4.84. The number of hydrogen-bond donors (Lipinski definition) is 0. The van der Waals surface area contributed by atoms with Gasteiger partial charge in [-0.2, -0.15) is 0 Å². The minimum absolute atomic E-state index is 0.0256. The van der Waals surface area contributed by atoms with Crippen LogP contribution in [0.1, 0.15) is 187 Å². The largest absolute Gasteiger partial charge is 0.311 e. The maximum Gasteiger partial charge on any atom is 0.254 e. The second kappa shape index (κ2) is 16.1. The van der Waals surface area contributed by atoms with Gasteiger partial charge in [-0.1, -0.05) is 177 Å². The van der Waals surface area contributed by atoms with Crippen LogP contribution in [-0.4, -0.2) is 14.8 Å². The van der Waals surface area contributed by atoms with Crippen molar-refractivity contribution in [3.8, 4) is 11.1 Å². The quantitative estimate of drug-likeness (QED) is 0.162. The lowest BCUT2D eigenvalue weighted by atomic mass is 9.33. The Morgan fingerprint density at radius 3 is 1.53 bits per heavy atom. The molecule has 3 heterocycles. The SMILES string of the molecule is Cc1cc2c(cc1N1c3cc(C(C)(C)C)ccc3B3c4c1cc(-c1ccc([Si](C)(C)C)cc1)cc4N(c1ccc4c(c1)C(C)(C)CCC4(C)C)c1sc4cc5c(cc4c13)C(C)(C)CCC5(C)C)C(C)(C)CCC2(C)C. The number of aryl methyl sites for hydroxylation is 1. The van der Waals surface area contributed by atoms with Crippen molar-refractivity contribution < 1.29 is 0 Å². The van der Waals surface area contributed by atoms with Gasteiger partial charge < -0.3 is 9.80 Å². The standard InChI is InChI=1S/C70H85BN2SSi/c1-42-34-50-53(69(13,14)32-30-66(50,7)8)40-56(42)73-57-37-45(64(2,3)4)22-27-55(57)71-61-48-39-52-54(70(15,16)33-31-68(52,11)12)41-60(48)74-63(61)72(46-23-26-49-51(38-46)67(9,10)29-28-65(49,5)6)58-35-44(36-59(73)62(58)71)43-20-24-47(25-21-43)75(17,18)19/h20-27,34-41H,28-33H2,1-19H3. The zero-order valence-electron chi connectivity index (χ0n) is 49.4. The van der Waals surface area contributed by atoms with E-state index in [1.165, 1.54) is 159 Å². The van der Waals surface area contributed by atoms with Crippen molar-refractivity contribution in [3.05, 3.63) is 142 Å². The van der Waals surface area contributed by atoms with Gasteiger partial charge in [0.25, 0.3) is 6.71 Å². The highest BCUT2D eigenvalue weighted by molar-refractivity contribution is 7.26.